The van der Waals surface area contributed by atoms with Crippen molar-refractivity contribution in [1.29, 1.82) is 0 Å². The average molecular weight is 275 g/mol. The van der Waals surface area contributed by atoms with Crippen molar-refractivity contribution >= 4 is 5.91 Å². The Labute approximate surface area is 101 Å². The second kappa shape index (κ2) is 6.31. The van der Waals surface area contributed by atoms with Crippen LogP contribution in [-0.4, -0.2) is 37.3 Å². The fraction of sp³-hybridized carbons (Fsp3) is 0.900. The highest BCUT2D eigenvalue weighted by atomic mass is 19.4. The highest BCUT2D eigenvalue weighted by molar-refractivity contribution is 5.79. The van der Waals surface area contributed by atoms with Crippen molar-refractivity contribution in [2.45, 2.75) is 50.4 Å². The van der Waals surface area contributed by atoms with Crippen LogP contribution < -0.4 is 5.32 Å². The molecule has 0 bridgehead atoms. The number of hydrogen-bond acceptors (Lipinski definition) is 2. The summed E-state index contributed by atoms with van der Waals surface area (Å²) in [5.41, 5.74) is 0. The molecule has 1 amide bonds. The maximum Gasteiger partial charge on any atom is 0.411 e. The largest absolute Gasteiger partial charge is 0.411 e. The minimum atomic E-state index is -4.40. The van der Waals surface area contributed by atoms with E-state index in [2.05, 4.69) is 10.1 Å². The zero-order chi connectivity index (χ0) is 13.8. The molecule has 0 heterocycles. The number of ether oxygens (including phenoxy) is 1. The van der Waals surface area contributed by atoms with Gasteiger partial charge >= 0.3 is 12.6 Å². The molecule has 106 valence electrons. The Morgan fingerprint density at radius 2 is 2.00 bits per heavy atom. The van der Waals surface area contributed by atoms with Gasteiger partial charge < -0.3 is 10.1 Å². The van der Waals surface area contributed by atoms with Crippen molar-refractivity contribution in [3.8, 4) is 0 Å². The normalized spacial score (nSPS) is 25.2. The molecule has 0 saturated heterocycles. The first-order valence-electron chi connectivity index (χ1n) is 5.55. The summed E-state index contributed by atoms with van der Waals surface area (Å²) in [5, 5.41) is 2.10. The van der Waals surface area contributed by atoms with Crippen LogP contribution in [0.5, 0.6) is 0 Å². The first-order chi connectivity index (χ1) is 8.28. The Hall–Kier alpha value is -0.920. The smallest absolute Gasteiger partial charge is 0.369 e. The molecule has 3 nitrogen and oxygen atoms in total. The third kappa shape index (κ3) is 5.61. The SMILES string of the molecule is O=C(NC1CCCC(OCC(F)(F)F)C1)C(F)F. The van der Waals surface area contributed by atoms with Crippen molar-refractivity contribution in [1.82, 2.24) is 5.32 Å². The molecule has 8 heteroatoms. The molecule has 1 fully saturated rings. The van der Waals surface area contributed by atoms with Crippen LogP contribution in [0.1, 0.15) is 25.7 Å². The molecule has 1 N–H and O–H groups in total. The molecule has 2 atom stereocenters. The van der Waals surface area contributed by atoms with Gasteiger partial charge in [-0.3, -0.25) is 4.79 Å². The fourth-order valence-electron chi connectivity index (χ4n) is 1.90. The minimum Gasteiger partial charge on any atom is -0.369 e. The van der Waals surface area contributed by atoms with Crippen molar-refractivity contribution in [2.24, 2.45) is 0 Å². The predicted molar refractivity (Wildman–Crippen MR) is 52.2 cm³/mol. The number of rotatable bonds is 4. The van der Waals surface area contributed by atoms with E-state index < -0.39 is 37.3 Å². The van der Waals surface area contributed by atoms with Gasteiger partial charge in [0.25, 0.3) is 5.91 Å². The van der Waals surface area contributed by atoms with Crippen LogP contribution in [-0.2, 0) is 9.53 Å². The molecule has 0 aromatic heterocycles. The summed E-state index contributed by atoms with van der Waals surface area (Å²) in [4.78, 5) is 10.8. The molecule has 1 rings (SSSR count). The lowest BCUT2D eigenvalue weighted by atomic mass is 9.93. The Balaban J connectivity index is 2.34. The number of carbonyl (C=O) groups is 1. The highest BCUT2D eigenvalue weighted by Gasteiger charge is 2.32. The van der Waals surface area contributed by atoms with Gasteiger partial charge in [0.15, 0.2) is 0 Å². The summed E-state index contributed by atoms with van der Waals surface area (Å²) < 4.78 is 64.4. The third-order valence-corrected chi connectivity index (χ3v) is 2.65. The molecule has 0 aromatic rings. The summed E-state index contributed by atoms with van der Waals surface area (Å²) in [5.74, 6) is -1.39. The van der Waals surface area contributed by atoms with Crippen LogP contribution in [0.2, 0.25) is 0 Å². The lowest BCUT2D eigenvalue weighted by molar-refractivity contribution is -0.188. The fourth-order valence-corrected chi connectivity index (χ4v) is 1.90. The number of alkyl halides is 5. The van der Waals surface area contributed by atoms with Gasteiger partial charge in [-0.2, -0.15) is 22.0 Å². The molecule has 0 aromatic carbocycles. The monoisotopic (exact) mass is 275 g/mol. The molecule has 0 radical (unpaired) electrons. The maximum absolute atomic E-state index is 12.0. The van der Waals surface area contributed by atoms with E-state index in [1.165, 1.54) is 0 Å². The first-order valence-corrected chi connectivity index (χ1v) is 5.55. The molecule has 1 aliphatic rings. The van der Waals surface area contributed by atoms with Gasteiger partial charge in [-0.15, -0.1) is 0 Å². The predicted octanol–water partition coefficient (Wildman–Crippen LogP) is 2.26. The maximum atomic E-state index is 12.0. The van der Waals surface area contributed by atoms with Crippen molar-refractivity contribution in [3.05, 3.63) is 0 Å². The lowest BCUT2D eigenvalue weighted by Crippen LogP contribution is -2.43. The Kier molecular flexibility index (Phi) is 5.30. The van der Waals surface area contributed by atoms with Crippen molar-refractivity contribution in [3.63, 3.8) is 0 Å². The molecular weight excluding hydrogens is 261 g/mol. The van der Waals surface area contributed by atoms with E-state index in [-0.39, 0.29) is 6.42 Å². The van der Waals surface area contributed by atoms with Gasteiger partial charge in [-0.25, -0.2) is 0 Å². The van der Waals surface area contributed by atoms with Gasteiger partial charge in [0.2, 0.25) is 0 Å². The number of carbonyl (C=O) groups excluding carboxylic acids is 1. The number of amides is 1. The summed E-state index contributed by atoms with van der Waals surface area (Å²) in [6.07, 6.45) is -6.57. The lowest BCUT2D eigenvalue weighted by Gasteiger charge is -2.29. The summed E-state index contributed by atoms with van der Waals surface area (Å²) in [6, 6.07) is -0.543. The standard InChI is InChI=1S/C10H14F5NO2/c11-8(12)9(17)16-6-2-1-3-7(4-6)18-5-10(13,14)15/h6-8H,1-5H2,(H,16,17). The van der Waals surface area contributed by atoms with E-state index in [0.717, 1.165) is 0 Å². The zero-order valence-corrected chi connectivity index (χ0v) is 9.47. The van der Waals surface area contributed by atoms with Gasteiger partial charge in [-0.05, 0) is 25.7 Å². The second-order valence-corrected chi connectivity index (χ2v) is 4.22. The van der Waals surface area contributed by atoms with Crippen molar-refractivity contribution in [2.75, 3.05) is 6.61 Å². The average Bonchev–Trinajstić information content (AvgIpc) is 2.26. The Morgan fingerprint density at radius 1 is 1.33 bits per heavy atom. The van der Waals surface area contributed by atoms with Crippen LogP contribution in [0, 0.1) is 0 Å². The van der Waals surface area contributed by atoms with Crippen LogP contribution in [0.25, 0.3) is 0 Å². The topological polar surface area (TPSA) is 38.3 Å². The van der Waals surface area contributed by atoms with E-state index in [9.17, 15) is 26.7 Å². The van der Waals surface area contributed by atoms with E-state index in [1.807, 2.05) is 0 Å². The highest BCUT2D eigenvalue weighted by Crippen LogP contribution is 2.24. The molecule has 2 unspecified atom stereocenters. The van der Waals surface area contributed by atoms with E-state index >= 15 is 0 Å². The quantitative estimate of drug-likeness (QED) is 0.799. The minimum absolute atomic E-state index is 0.133. The van der Waals surface area contributed by atoms with E-state index in [1.54, 1.807) is 0 Å². The van der Waals surface area contributed by atoms with Gasteiger partial charge in [0.1, 0.15) is 6.61 Å². The first kappa shape index (κ1) is 15.1. The summed E-state index contributed by atoms with van der Waals surface area (Å²) in [6.45, 7) is -1.35. The molecule has 18 heavy (non-hydrogen) atoms. The number of nitrogens with one attached hydrogen (secondary N) is 1. The van der Waals surface area contributed by atoms with Crippen LogP contribution in [0.4, 0.5) is 22.0 Å². The van der Waals surface area contributed by atoms with Crippen LogP contribution in [0.3, 0.4) is 0 Å². The van der Waals surface area contributed by atoms with Gasteiger partial charge in [-0.1, -0.05) is 0 Å². The third-order valence-electron chi connectivity index (χ3n) is 2.65. The summed E-state index contributed by atoms with van der Waals surface area (Å²) >= 11 is 0. The Bertz CT molecular complexity index is 282. The zero-order valence-electron chi connectivity index (χ0n) is 9.47. The van der Waals surface area contributed by atoms with Crippen molar-refractivity contribution < 1.29 is 31.5 Å². The van der Waals surface area contributed by atoms with E-state index in [4.69, 9.17) is 0 Å². The van der Waals surface area contributed by atoms with E-state index in [0.29, 0.717) is 19.3 Å². The van der Waals surface area contributed by atoms with Crippen LogP contribution in [0.15, 0.2) is 0 Å². The number of hydrogen-bond donors (Lipinski definition) is 1. The molecular formula is C10H14F5NO2. The molecule has 1 aliphatic carbocycles. The van der Waals surface area contributed by atoms with Gasteiger partial charge in [0.05, 0.1) is 6.10 Å². The molecule has 1 saturated carbocycles. The Morgan fingerprint density at radius 3 is 2.56 bits per heavy atom. The van der Waals surface area contributed by atoms with Gasteiger partial charge in [0, 0.05) is 6.04 Å². The number of halogens is 5. The molecule has 0 aliphatic heterocycles. The second-order valence-electron chi connectivity index (χ2n) is 4.22. The molecule has 0 spiro atoms. The van der Waals surface area contributed by atoms with Crippen LogP contribution >= 0.6 is 0 Å². The summed E-state index contributed by atoms with van der Waals surface area (Å²) in [7, 11) is 0.